The highest BCUT2D eigenvalue weighted by atomic mass is 16.4. The van der Waals surface area contributed by atoms with Gasteiger partial charge in [0.15, 0.2) is 13.1 Å². The quantitative estimate of drug-likeness (QED) is 0.180. The minimum absolute atomic E-state index is 0.219. The van der Waals surface area contributed by atoms with Crippen molar-refractivity contribution in [1.82, 2.24) is 0 Å². The number of carbonyl (C=O) groups is 3. The summed E-state index contributed by atoms with van der Waals surface area (Å²) in [6.45, 7) is 0.784. The van der Waals surface area contributed by atoms with Crippen molar-refractivity contribution in [2.75, 3.05) is 26.2 Å². The van der Waals surface area contributed by atoms with E-state index in [-0.39, 0.29) is 6.54 Å². The van der Waals surface area contributed by atoms with Gasteiger partial charge in [-0.3, -0.25) is 0 Å². The lowest BCUT2D eigenvalue weighted by molar-refractivity contribution is -0.909. The molecule has 0 saturated carbocycles. The molecule has 0 aliphatic rings. The van der Waals surface area contributed by atoms with Crippen LogP contribution in [0.2, 0.25) is 0 Å². The molecule has 0 aromatic carbocycles. The first-order chi connectivity index (χ1) is 13.8. The smallest absolute Gasteiger partial charge is 0.359 e. The molecule has 0 aromatic rings. The number of hydrogen-bond donors (Lipinski definition) is 2. The van der Waals surface area contributed by atoms with Gasteiger partial charge in [-0.25, -0.2) is 9.59 Å². The van der Waals surface area contributed by atoms with E-state index in [1.165, 1.54) is 38.5 Å². The molecule has 0 saturated heterocycles. The predicted octanol–water partition coefficient (Wildman–Crippen LogP) is 2.98. The van der Waals surface area contributed by atoms with Crippen molar-refractivity contribution in [2.24, 2.45) is 0 Å². The molecule has 2 N–H and O–H groups in total. The normalized spacial score (nSPS) is 11.8. The fourth-order valence-electron chi connectivity index (χ4n) is 3.58. The third kappa shape index (κ3) is 16.7. The zero-order chi connectivity index (χ0) is 22.0. The van der Waals surface area contributed by atoms with Gasteiger partial charge in [-0.1, -0.05) is 64.0 Å². The van der Waals surface area contributed by atoms with Crippen LogP contribution in [0.25, 0.3) is 0 Å². The standard InChI is InChI=1S/C22H39NO6/c1-2-3-4-5-6-7-8-9-10-11-12-13-14-15-16-23(17-20(24)25,18-21(26)27)19-22(28)29/h5-6H,2-4,7-19H2,1H3,(H2-,24,25,26,27,28,29)/b6-5+. The van der Waals surface area contributed by atoms with Gasteiger partial charge in [0.1, 0.15) is 6.54 Å². The molecule has 7 nitrogen and oxygen atoms in total. The van der Waals surface area contributed by atoms with E-state index in [4.69, 9.17) is 10.2 Å². The average Bonchev–Trinajstić information content (AvgIpc) is 2.60. The van der Waals surface area contributed by atoms with Crippen LogP contribution in [0.4, 0.5) is 0 Å². The van der Waals surface area contributed by atoms with E-state index in [9.17, 15) is 19.5 Å². The Morgan fingerprint density at radius 3 is 1.62 bits per heavy atom. The van der Waals surface area contributed by atoms with Crippen LogP contribution >= 0.6 is 0 Å². The van der Waals surface area contributed by atoms with Gasteiger partial charge in [0.25, 0.3) is 0 Å². The van der Waals surface area contributed by atoms with Crippen molar-refractivity contribution in [3.8, 4) is 0 Å². The van der Waals surface area contributed by atoms with Crippen LogP contribution in [-0.4, -0.2) is 58.8 Å². The third-order valence-electron chi connectivity index (χ3n) is 5.05. The molecule has 168 valence electrons. The van der Waals surface area contributed by atoms with E-state index in [0.29, 0.717) is 6.42 Å². The summed E-state index contributed by atoms with van der Waals surface area (Å²) in [5.41, 5.74) is 0. The van der Waals surface area contributed by atoms with E-state index in [1.807, 2.05) is 0 Å². The van der Waals surface area contributed by atoms with Gasteiger partial charge < -0.3 is 24.6 Å². The number of carbonyl (C=O) groups excluding carboxylic acids is 1. The topological polar surface area (TPSA) is 115 Å². The summed E-state index contributed by atoms with van der Waals surface area (Å²) in [5.74, 6) is -3.83. The van der Waals surface area contributed by atoms with Gasteiger partial charge in [0, 0.05) is 0 Å². The summed E-state index contributed by atoms with van der Waals surface area (Å²) in [4.78, 5) is 33.2. The largest absolute Gasteiger partial charge is 0.544 e. The van der Waals surface area contributed by atoms with Crippen molar-refractivity contribution in [2.45, 2.75) is 84.0 Å². The number of quaternary nitrogens is 1. The number of aliphatic carboxylic acids is 3. The molecule has 0 aromatic heterocycles. The number of carboxylic acid groups (broad SMARTS) is 3. The van der Waals surface area contributed by atoms with Gasteiger partial charge in [-0.05, 0) is 32.1 Å². The van der Waals surface area contributed by atoms with Crippen molar-refractivity contribution in [1.29, 1.82) is 0 Å². The van der Waals surface area contributed by atoms with Crippen LogP contribution in [0, 0.1) is 0 Å². The Morgan fingerprint density at radius 1 is 0.724 bits per heavy atom. The second-order valence-corrected chi connectivity index (χ2v) is 7.93. The lowest BCUT2D eigenvalue weighted by Crippen LogP contribution is -2.59. The molecule has 29 heavy (non-hydrogen) atoms. The van der Waals surface area contributed by atoms with Crippen molar-refractivity contribution in [3.05, 3.63) is 12.2 Å². The fraction of sp³-hybridized carbons (Fsp3) is 0.773. The zero-order valence-electron chi connectivity index (χ0n) is 17.9. The maximum Gasteiger partial charge on any atom is 0.359 e. The average molecular weight is 414 g/mol. The minimum Gasteiger partial charge on any atom is -0.544 e. The van der Waals surface area contributed by atoms with Gasteiger partial charge in [-0.2, -0.15) is 0 Å². The van der Waals surface area contributed by atoms with Crippen LogP contribution in [0.5, 0.6) is 0 Å². The molecule has 0 spiro atoms. The number of allylic oxidation sites excluding steroid dienone is 2. The van der Waals surface area contributed by atoms with Gasteiger partial charge in [0.05, 0.1) is 12.5 Å². The molecular weight excluding hydrogens is 374 g/mol. The Bertz CT molecular complexity index is 463. The Hall–Kier alpha value is -1.89. The first-order valence-electron chi connectivity index (χ1n) is 10.9. The molecule has 0 unspecified atom stereocenters. The molecule has 0 heterocycles. The van der Waals surface area contributed by atoms with Gasteiger partial charge in [-0.15, -0.1) is 0 Å². The van der Waals surface area contributed by atoms with Crippen LogP contribution in [0.1, 0.15) is 84.0 Å². The van der Waals surface area contributed by atoms with Crippen molar-refractivity contribution in [3.63, 3.8) is 0 Å². The summed E-state index contributed by atoms with van der Waals surface area (Å²) < 4.78 is -0.501. The highest BCUT2D eigenvalue weighted by Crippen LogP contribution is 2.14. The summed E-state index contributed by atoms with van der Waals surface area (Å²) in [6.07, 6.45) is 17.7. The predicted molar refractivity (Wildman–Crippen MR) is 110 cm³/mol. The van der Waals surface area contributed by atoms with Crippen LogP contribution in [0.3, 0.4) is 0 Å². The van der Waals surface area contributed by atoms with Crippen molar-refractivity contribution < 1.29 is 34.2 Å². The number of hydrogen-bond acceptors (Lipinski definition) is 4. The van der Waals surface area contributed by atoms with Gasteiger partial charge >= 0.3 is 11.9 Å². The molecule has 0 amide bonds. The van der Waals surface area contributed by atoms with E-state index in [0.717, 1.165) is 32.1 Å². The molecule has 0 fully saturated rings. The summed E-state index contributed by atoms with van der Waals surface area (Å²) in [6, 6.07) is 0. The molecule has 0 rings (SSSR count). The lowest BCUT2D eigenvalue weighted by Gasteiger charge is -2.36. The SMILES string of the molecule is CCCC/C=C/CCCCCCCCCC[N+](CC(=O)[O-])(CC(=O)O)CC(=O)O. The number of carboxylic acids is 3. The second-order valence-electron chi connectivity index (χ2n) is 7.93. The molecular formula is C22H39NO6. The highest BCUT2D eigenvalue weighted by Gasteiger charge is 2.33. The maximum atomic E-state index is 11.1. The summed E-state index contributed by atoms with van der Waals surface area (Å²) in [7, 11) is 0. The monoisotopic (exact) mass is 413 g/mol. The van der Waals surface area contributed by atoms with E-state index in [2.05, 4.69) is 19.1 Å². The lowest BCUT2D eigenvalue weighted by atomic mass is 10.1. The van der Waals surface area contributed by atoms with Crippen LogP contribution < -0.4 is 5.11 Å². The second kappa shape index (κ2) is 17.0. The van der Waals surface area contributed by atoms with Gasteiger partial charge in [0.2, 0.25) is 0 Å². The first kappa shape index (κ1) is 27.1. The van der Waals surface area contributed by atoms with E-state index < -0.39 is 42.0 Å². The molecule has 0 aliphatic heterocycles. The molecule has 0 radical (unpaired) electrons. The highest BCUT2D eigenvalue weighted by molar-refractivity contribution is 5.72. The first-order valence-corrected chi connectivity index (χ1v) is 10.9. The molecule has 0 bridgehead atoms. The number of rotatable bonds is 20. The fourth-order valence-corrected chi connectivity index (χ4v) is 3.58. The molecule has 0 aliphatic carbocycles. The Kier molecular flexibility index (Phi) is 15.9. The Labute approximate surface area is 175 Å². The third-order valence-corrected chi connectivity index (χ3v) is 5.05. The number of unbranched alkanes of at least 4 members (excludes halogenated alkanes) is 10. The Balaban J connectivity index is 3.99. The molecule has 0 atom stereocenters. The van der Waals surface area contributed by atoms with E-state index in [1.54, 1.807) is 0 Å². The van der Waals surface area contributed by atoms with Crippen LogP contribution in [0.15, 0.2) is 12.2 Å². The van der Waals surface area contributed by atoms with Crippen molar-refractivity contribution >= 4 is 17.9 Å². The summed E-state index contributed by atoms with van der Waals surface area (Å²) in [5, 5.41) is 29.1. The molecule has 7 heteroatoms. The van der Waals surface area contributed by atoms with E-state index >= 15 is 0 Å². The summed E-state index contributed by atoms with van der Waals surface area (Å²) >= 11 is 0. The Morgan fingerprint density at radius 2 is 1.17 bits per heavy atom. The zero-order valence-corrected chi connectivity index (χ0v) is 17.9. The maximum absolute atomic E-state index is 11.1. The number of nitrogens with zero attached hydrogens (tertiary/aromatic N) is 1. The minimum atomic E-state index is -1.42. The van der Waals surface area contributed by atoms with Crippen LogP contribution in [-0.2, 0) is 14.4 Å².